The summed E-state index contributed by atoms with van der Waals surface area (Å²) < 4.78 is 10.5. The number of ether oxygens (including phenoxy) is 2. The van der Waals surface area contributed by atoms with Crippen molar-refractivity contribution >= 4 is 22.8 Å². The fourth-order valence-electron chi connectivity index (χ4n) is 4.89. The van der Waals surface area contributed by atoms with Gasteiger partial charge >= 0.3 is 11.9 Å². The summed E-state index contributed by atoms with van der Waals surface area (Å²) in [6.07, 6.45) is 3.72. The Balaban J connectivity index is 1.86. The second kappa shape index (κ2) is 10.1. The first-order valence-electron chi connectivity index (χ1n) is 11.0. The molecule has 2 aromatic rings. The van der Waals surface area contributed by atoms with E-state index in [1.807, 2.05) is 6.07 Å². The summed E-state index contributed by atoms with van der Waals surface area (Å²) in [5, 5.41) is 1.20. The van der Waals surface area contributed by atoms with Crippen LogP contribution in [0.15, 0.2) is 24.3 Å². The zero-order valence-electron chi connectivity index (χ0n) is 18.6. The van der Waals surface area contributed by atoms with E-state index in [1.54, 1.807) is 0 Å². The molecule has 0 bridgehead atoms. The molecule has 1 aromatic carbocycles. The van der Waals surface area contributed by atoms with Crippen molar-refractivity contribution in [1.29, 1.82) is 0 Å². The van der Waals surface area contributed by atoms with Gasteiger partial charge < -0.3 is 14.5 Å². The molecule has 1 aliphatic rings. The number of aromatic amines is 1. The van der Waals surface area contributed by atoms with Gasteiger partial charge in [0.25, 0.3) is 0 Å². The fraction of sp³-hybridized carbons (Fsp3) is 0.583. The second-order valence-electron chi connectivity index (χ2n) is 8.40. The van der Waals surface area contributed by atoms with Crippen LogP contribution in [0.25, 0.3) is 10.9 Å². The molecule has 1 N–H and O–H groups in total. The van der Waals surface area contributed by atoms with E-state index in [1.165, 1.54) is 30.5 Å². The van der Waals surface area contributed by atoms with Crippen LogP contribution in [0, 0.1) is 11.8 Å². The Morgan fingerprint density at radius 1 is 1.10 bits per heavy atom. The van der Waals surface area contributed by atoms with Crippen molar-refractivity contribution in [2.24, 2.45) is 11.8 Å². The monoisotopic (exact) mass is 414 g/mol. The highest BCUT2D eigenvalue weighted by molar-refractivity contribution is 5.85. The molecule has 164 valence electrons. The van der Waals surface area contributed by atoms with Crippen LogP contribution in [0.5, 0.6) is 0 Å². The molecule has 0 spiro atoms. The van der Waals surface area contributed by atoms with Gasteiger partial charge in [-0.3, -0.25) is 14.5 Å². The Hall–Kier alpha value is -2.34. The molecule has 3 atom stereocenters. The van der Waals surface area contributed by atoms with Crippen molar-refractivity contribution < 1.29 is 19.1 Å². The largest absolute Gasteiger partial charge is 0.466 e. The quantitative estimate of drug-likeness (QED) is 0.654. The van der Waals surface area contributed by atoms with Crippen molar-refractivity contribution in [1.82, 2.24) is 9.88 Å². The number of aromatic nitrogens is 1. The molecule has 1 saturated heterocycles. The molecule has 1 aromatic heterocycles. The molecule has 0 aliphatic carbocycles. The first-order valence-corrected chi connectivity index (χ1v) is 11.0. The van der Waals surface area contributed by atoms with Crippen LogP contribution in [0.3, 0.4) is 0 Å². The third kappa shape index (κ3) is 5.22. The highest BCUT2D eigenvalue weighted by atomic mass is 16.5. The molecule has 0 amide bonds. The Labute approximate surface area is 178 Å². The smallest absolute Gasteiger partial charge is 0.302 e. The van der Waals surface area contributed by atoms with Crippen LogP contribution in [0.2, 0.25) is 0 Å². The summed E-state index contributed by atoms with van der Waals surface area (Å²) in [6.45, 7) is 7.04. The number of hydrogen-bond donors (Lipinski definition) is 1. The van der Waals surface area contributed by atoms with Crippen LogP contribution in [0.1, 0.15) is 57.3 Å². The number of rotatable bonds is 8. The average molecular weight is 415 g/mol. The maximum absolute atomic E-state index is 11.3. The van der Waals surface area contributed by atoms with Gasteiger partial charge in [0.15, 0.2) is 0 Å². The second-order valence-corrected chi connectivity index (χ2v) is 8.40. The predicted octanol–water partition coefficient (Wildman–Crippen LogP) is 4.25. The number of nitrogens with one attached hydrogen (secondary N) is 1. The Morgan fingerprint density at radius 3 is 2.50 bits per heavy atom. The molecule has 6 nitrogen and oxygen atoms in total. The summed E-state index contributed by atoms with van der Waals surface area (Å²) in [5.41, 5.74) is 3.57. The molecule has 0 saturated carbocycles. The zero-order valence-corrected chi connectivity index (χ0v) is 18.6. The predicted molar refractivity (Wildman–Crippen MR) is 117 cm³/mol. The van der Waals surface area contributed by atoms with Crippen LogP contribution in [-0.2, 0) is 25.5 Å². The van der Waals surface area contributed by atoms with E-state index in [9.17, 15) is 9.59 Å². The normalized spacial score (nSPS) is 22.2. The number of hydrogen-bond acceptors (Lipinski definition) is 5. The average Bonchev–Trinajstić information content (AvgIpc) is 3.06. The van der Waals surface area contributed by atoms with Crippen molar-refractivity contribution in [3.63, 3.8) is 0 Å². The van der Waals surface area contributed by atoms with Gasteiger partial charge in [0, 0.05) is 43.4 Å². The first kappa shape index (κ1) is 22.3. The van der Waals surface area contributed by atoms with Crippen molar-refractivity contribution in [3.05, 3.63) is 35.5 Å². The summed E-state index contributed by atoms with van der Waals surface area (Å²) >= 11 is 0. The van der Waals surface area contributed by atoms with Crippen LogP contribution in [0.4, 0.5) is 0 Å². The van der Waals surface area contributed by atoms with Crippen molar-refractivity contribution in [2.75, 3.05) is 26.8 Å². The molecule has 0 radical (unpaired) electrons. The van der Waals surface area contributed by atoms with Gasteiger partial charge in [0.2, 0.25) is 0 Å². The fourth-order valence-corrected chi connectivity index (χ4v) is 4.89. The lowest BCUT2D eigenvalue weighted by Gasteiger charge is -2.42. The molecule has 1 fully saturated rings. The maximum Gasteiger partial charge on any atom is 0.302 e. The van der Waals surface area contributed by atoms with Gasteiger partial charge in [-0.1, -0.05) is 31.5 Å². The number of nitrogens with zero attached hydrogens (tertiary/aromatic N) is 1. The van der Waals surface area contributed by atoms with Gasteiger partial charge in [-0.05, 0) is 43.4 Å². The maximum atomic E-state index is 11.3. The first-order chi connectivity index (χ1) is 14.4. The minimum Gasteiger partial charge on any atom is -0.466 e. The molecule has 6 heteroatoms. The van der Waals surface area contributed by atoms with E-state index in [0.717, 1.165) is 31.3 Å². The lowest BCUT2D eigenvalue weighted by atomic mass is 9.77. The Kier molecular flexibility index (Phi) is 7.53. The van der Waals surface area contributed by atoms with E-state index in [4.69, 9.17) is 9.47 Å². The minimum atomic E-state index is -0.248. The highest BCUT2D eigenvalue weighted by Crippen LogP contribution is 2.41. The molecule has 2 heterocycles. The molecular weight excluding hydrogens is 380 g/mol. The number of esters is 2. The Morgan fingerprint density at radius 2 is 1.80 bits per heavy atom. The summed E-state index contributed by atoms with van der Waals surface area (Å²) in [7, 11) is 2.19. The summed E-state index contributed by atoms with van der Waals surface area (Å²) in [6, 6.07) is 8.58. The summed E-state index contributed by atoms with van der Waals surface area (Å²) in [4.78, 5) is 28.6. The van der Waals surface area contributed by atoms with Crippen LogP contribution >= 0.6 is 0 Å². The number of para-hydroxylation sites is 1. The van der Waals surface area contributed by atoms with E-state index < -0.39 is 0 Å². The lowest BCUT2D eigenvalue weighted by molar-refractivity contribution is -0.142. The number of likely N-dealkylation sites (tertiary alicyclic amines) is 1. The van der Waals surface area contributed by atoms with Crippen molar-refractivity contribution in [3.8, 4) is 0 Å². The number of piperidine rings is 1. The van der Waals surface area contributed by atoms with E-state index >= 15 is 0 Å². The van der Waals surface area contributed by atoms with Gasteiger partial charge in [-0.25, -0.2) is 0 Å². The number of fused-ring (bicyclic) bond motifs is 1. The number of carbonyl (C=O) groups is 2. The third-order valence-corrected chi connectivity index (χ3v) is 6.40. The van der Waals surface area contributed by atoms with E-state index in [-0.39, 0.29) is 18.0 Å². The van der Waals surface area contributed by atoms with Gasteiger partial charge in [-0.15, -0.1) is 0 Å². The SMILES string of the molecule is CC[C@H]1CN(C)[C@H](c2[nH]c3ccccc3c2CCOC(C)=O)C[C@@H]1CCOC(C)=O. The number of H-pyrrole nitrogens is 1. The molecule has 1 aliphatic heterocycles. The minimum absolute atomic E-state index is 0.212. The highest BCUT2D eigenvalue weighted by Gasteiger charge is 2.35. The number of benzene rings is 1. The van der Waals surface area contributed by atoms with Crippen LogP contribution < -0.4 is 0 Å². The molecule has 3 rings (SSSR count). The van der Waals surface area contributed by atoms with Gasteiger partial charge in [-0.2, -0.15) is 0 Å². The van der Waals surface area contributed by atoms with Gasteiger partial charge in [0.05, 0.1) is 19.3 Å². The number of carbonyl (C=O) groups excluding carboxylic acids is 2. The summed E-state index contributed by atoms with van der Waals surface area (Å²) in [5.74, 6) is 0.636. The molecular formula is C24H34N2O4. The van der Waals surface area contributed by atoms with Crippen LogP contribution in [-0.4, -0.2) is 48.6 Å². The zero-order chi connectivity index (χ0) is 21.7. The molecule has 30 heavy (non-hydrogen) atoms. The van der Waals surface area contributed by atoms with E-state index in [0.29, 0.717) is 31.5 Å². The van der Waals surface area contributed by atoms with Crippen molar-refractivity contribution in [2.45, 2.75) is 52.5 Å². The standard InChI is InChI=1S/C24H34N2O4/c1-5-18-15-26(4)23(14-19(18)10-12-29-16(2)27)24-21(11-13-30-17(3)28)20-8-6-7-9-22(20)25-24/h6-9,18-19,23,25H,5,10-15H2,1-4H3/t18-,19-,23-/m0/s1. The van der Waals surface area contributed by atoms with E-state index in [2.05, 4.69) is 42.1 Å². The topological polar surface area (TPSA) is 71.6 Å². The molecule has 0 unspecified atom stereocenters. The Bertz CT molecular complexity index is 875. The lowest BCUT2D eigenvalue weighted by Crippen LogP contribution is -2.41. The third-order valence-electron chi connectivity index (χ3n) is 6.40. The van der Waals surface area contributed by atoms with Gasteiger partial charge in [0.1, 0.15) is 0 Å².